The molecule has 0 spiro atoms. The minimum absolute atomic E-state index is 0.0477. The van der Waals surface area contributed by atoms with Gasteiger partial charge in [-0.15, -0.1) is 0 Å². The lowest BCUT2D eigenvalue weighted by Gasteiger charge is -2.19. The first-order valence-corrected chi connectivity index (χ1v) is 6.16. The van der Waals surface area contributed by atoms with Crippen LogP contribution in [0.1, 0.15) is 20.8 Å². The van der Waals surface area contributed by atoms with Gasteiger partial charge in [0.25, 0.3) is 0 Å². The summed E-state index contributed by atoms with van der Waals surface area (Å²) in [6.45, 7) is 5.51. The van der Waals surface area contributed by atoms with Crippen molar-refractivity contribution < 1.29 is 28.6 Å². The summed E-state index contributed by atoms with van der Waals surface area (Å²) >= 11 is 0. The number of hydrogen-bond donors (Lipinski definition) is 0. The SMILES string of the molecule is CCOC(=O)CN(CCOC(C)=O)CC(=O)OCC. The first-order chi connectivity index (χ1) is 8.99. The minimum atomic E-state index is -0.436. The number of carbonyl (C=O) groups is 3. The second-order valence-corrected chi connectivity index (χ2v) is 3.66. The fourth-order valence-electron chi connectivity index (χ4n) is 1.31. The Balaban J connectivity index is 4.24. The van der Waals surface area contributed by atoms with Gasteiger partial charge >= 0.3 is 17.9 Å². The van der Waals surface area contributed by atoms with Crippen LogP contribution in [-0.2, 0) is 28.6 Å². The van der Waals surface area contributed by atoms with Crippen LogP contribution in [0.15, 0.2) is 0 Å². The molecule has 0 fully saturated rings. The van der Waals surface area contributed by atoms with Gasteiger partial charge in [0.1, 0.15) is 6.61 Å². The fourth-order valence-corrected chi connectivity index (χ4v) is 1.31. The molecule has 0 aromatic heterocycles. The van der Waals surface area contributed by atoms with Crippen molar-refractivity contribution in [2.45, 2.75) is 20.8 Å². The van der Waals surface area contributed by atoms with Gasteiger partial charge in [0.15, 0.2) is 0 Å². The quantitative estimate of drug-likeness (QED) is 0.432. The summed E-state index contributed by atoms with van der Waals surface area (Å²) in [5.41, 5.74) is 0. The van der Waals surface area contributed by atoms with E-state index in [0.29, 0.717) is 0 Å². The van der Waals surface area contributed by atoms with Crippen molar-refractivity contribution in [1.82, 2.24) is 4.90 Å². The van der Waals surface area contributed by atoms with Gasteiger partial charge in [-0.25, -0.2) is 0 Å². The van der Waals surface area contributed by atoms with E-state index in [9.17, 15) is 14.4 Å². The van der Waals surface area contributed by atoms with Crippen LogP contribution in [-0.4, -0.2) is 62.3 Å². The molecule has 0 aliphatic carbocycles. The van der Waals surface area contributed by atoms with Gasteiger partial charge in [-0.3, -0.25) is 19.3 Å². The van der Waals surface area contributed by atoms with Crippen LogP contribution in [0.25, 0.3) is 0 Å². The van der Waals surface area contributed by atoms with Gasteiger partial charge in [-0.05, 0) is 13.8 Å². The van der Waals surface area contributed by atoms with Gasteiger partial charge in [0.2, 0.25) is 0 Å². The highest BCUT2D eigenvalue weighted by Crippen LogP contribution is 1.94. The summed E-state index contributed by atoms with van der Waals surface area (Å²) in [4.78, 5) is 34.9. The first-order valence-electron chi connectivity index (χ1n) is 6.16. The Labute approximate surface area is 112 Å². The largest absolute Gasteiger partial charge is 0.465 e. The number of ether oxygens (including phenoxy) is 3. The maximum Gasteiger partial charge on any atom is 0.320 e. The molecular weight excluding hydrogens is 254 g/mol. The third-order valence-electron chi connectivity index (χ3n) is 2.03. The third kappa shape index (κ3) is 10.0. The number of carbonyl (C=O) groups excluding carboxylic acids is 3. The third-order valence-corrected chi connectivity index (χ3v) is 2.03. The van der Waals surface area contributed by atoms with Crippen molar-refractivity contribution in [2.24, 2.45) is 0 Å². The summed E-state index contributed by atoms with van der Waals surface area (Å²) < 4.78 is 14.4. The molecule has 7 heteroatoms. The van der Waals surface area contributed by atoms with E-state index < -0.39 is 17.9 Å². The van der Waals surface area contributed by atoms with Gasteiger partial charge in [0.05, 0.1) is 26.3 Å². The summed E-state index contributed by atoms with van der Waals surface area (Å²) in [6.07, 6.45) is 0. The van der Waals surface area contributed by atoms with Crippen molar-refractivity contribution in [3.05, 3.63) is 0 Å². The minimum Gasteiger partial charge on any atom is -0.465 e. The van der Waals surface area contributed by atoms with Crippen molar-refractivity contribution in [3.63, 3.8) is 0 Å². The fraction of sp³-hybridized carbons (Fsp3) is 0.750. The van der Waals surface area contributed by atoms with Crippen LogP contribution < -0.4 is 0 Å². The van der Waals surface area contributed by atoms with E-state index in [0.717, 1.165) is 0 Å². The molecule has 110 valence electrons. The molecule has 0 amide bonds. The smallest absolute Gasteiger partial charge is 0.320 e. The number of esters is 3. The van der Waals surface area contributed by atoms with Crippen molar-refractivity contribution in [3.8, 4) is 0 Å². The summed E-state index contributed by atoms with van der Waals surface area (Å²) in [6, 6.07) is 0. The molecule has 0 aromatic carbocycles. The Kier molecular flexibility index (Phi) is 9.42. The monoisotopic (exact) mass is 275 g/mol. The molecule has 0 bridgehead atoms. The zero-order chi connectivity index (χ0) is 14.7. The zero-order valence-electron chi connectivity index (χ0n) is 11.6. The zero-order valence-corrected chi connectivity index (χ0v) is 11.6. The lowest BCUT2D eigenvalue weighted by atomic mass is 10.4. The Hall–Kier alpha value is -1.63. The Bertz CT molecular complexity index is 285. The van der Waals surface area contributed by atoms with Gasteiger partial charge in [0, 0.05) is 13.5 Å². The number of hydrogen-bond acceptors (Lipinski definition) is 7. The molecule has 0 aliphatic rings. The van der Waals surface area contributed by atoms with E-state index in [1.54, 1.807) is 13.8 Å². The Morgan fingerprint density at radius 2 is 1.37 bits per heavy atom. The van der Waals surface area contributed by atoms with E-state index >= 15 is 0 Å². The molecule has 0 heterocycles. The predicted octanol–water partition coefficient (Wildman–Crippen LogP) is -0.0223. The summed E-state index contributed by atoms with van der Waals surface area (Å²) in [5.74, 6) is -1.28. The normalized spacial score (nSPS) is 10.1. The van der Waals surface area contributed by atoms with Crippen LogP contribution in [0.2, 0.25) is 0 Å². The van der Waals surface area contributed by atoms with E-state index in [1.165, 1.54) is 11.8 Å². The summed E-state index contributed by atoms with van der Waals surface area (Å²) in [7, 11) is 0. The van der Waals surface area contributed by atoms with Crippen LogP contribution in [0.3, 0.4) is 0 Å². The molecule has 7 nitrogen and oxygen atoms in total. The number of rotatable bonds is 9. The molecule has 0 saturated carbocycles. The van der Waals surface area contributed by atoms with E-state index in [4.69, 9.17) is 14.2 Å². The molecule has 0 radical (unpaired) electrons. The van der Waals surface area contributed by atoms with Crippen molar-refractivity contribution >= 4 is 17.9 Å². The second-order valence-electron chi connectivity index (χ2n) is 3.66. The first kappa shape index (κ1) is 17.4. The standard InChI is InChI=1S/C12H21NO6/c1-4-17-11(15)8-13(6-7-19-10(3)14)9-12(16)18-5-2/h4-9H2,1-3H3. The molecule has 0 rings (SSSR count). The second kappa shape index (κ2) is 10.3. The van der Waals surface area contributed by atoms with Crippen LogP contribution >= 0.6 is 0 Å². The maximum atomic E-state index is 11.4. The average molecular weight is 275 g/mol. The van der Waals surface area contributed by atoms with Gasteiger partial charge in [-0.2, -0.15) is 0 Å². The van der Waals surface area contributed by atoms with Gasteiger partial charge in [-0.1, -0.05) is 0 Å². The van der Waals surface area contributed by atoms with E-state index in [2.05, 4.69) is 0 Å². The molecule has 19 heavy (non-hydrogen) atoms. The van der Waals surface area contributed by atoms with E-state index in [-0.39, 0.29) is 39.5 Å². The molecule has 0 atom stereocenters. The van der Waals surface area contributed by atoms with Crippen molar-refractivity contribution in [2.75, 3.05) is 39.5 Å². The molecule has 0 unspecified atom stereocenters. The maximum absolute atomic E-state index is 11.4. The highest BCUT2D eigenvalue weighted by molar-refractivity contribution is 5.75. The van der Waals surface area contributed by atoms with Crippen LogP contribution in [0, 0.1) is 0 Å². The molecule has 0 saturated heterocycles. The highest BCUT2D eigenvalue weighted by atomic mass is 16.5. The molecule has 0 aliphatic heterocycles. The lowest BCUT2D eigenvalue weighted by Crippen LogP contribution is -2.38. The lowest BCUT2D eigenvalue weighted by molar-refractivity contribution is -0.148. The topological polar surface area (TPSA) is 82.1 Å². The Morgan fingerprint density at radius 1 is 0.895 bits per heavy atom. The van der Waals surface area contributed by atoms with Crippen molar-refractivity contribution in [1.29, 1.82) is 0 Å². The van der Waals surface area contributed by atoms with Crippen LogP contribution in [0.4, 0.5) is 0 Å². The molecular formula is C12H21NO6. The molecule has 0 N–H and O–H groups in total. The predicted molar refractivity (Wildman–Crippen MR) is 66.3 cm³/mol. The number of nitrogens with zero attached hydrogens (tertiary/aromatic N) is 1. The van der Waals surface area contributed by atoms with Gasteiger partial charge < -0.3 is 14.2 Å². The Morgan fingerprint density at radius 3 is 1.74 bits per heavy atom. The molecule has 0 aromatic rings. The van der Waals surface area contributed by atoms with E-state index in [1.807, 2.05) is 0 Å². The van der Waals surface area contributed by atoms with Crippen LogP contribution in [0.5, 0.6) is 0 Å². The highest BCUT2D eigenvalue weighted by Gasteiger charge is 2.16. The summed E-state index contributed by atoms with van der Waals surface area (Å²) in [5, 5.41) is 0. The average Bonchev–Trinajstić information content (AvgIpc) is 2.28.